The molecule has 1 heterocycles. The lowest BCUT2D eigenvalue weighted by atomic mass is 10.1. The van der Waals surface area contributed by atoms with Gasteiger partial charge in [-0.1, -0.05) is 13.8 Å². The number of nitrogens with one attached hydrogen (secondary N) is 1. The van der Waals surface area contributed by atoms with E-state index in [-0.39, 0.29) is 6.42 Å². The number of rotatable bonds is 9. The topological polar surface area (TPSA) is 116 Å². The second-order valence-electron chi connectivity index (χ2n) is 7.79. The minimum Gasteiger partial charge on any atom is -0.453 e. The van der Waals surface area contributed by atoms with E-state index in [1.807, 2.05) is 18.5 Å². The molecule has 8 heteroatoms. The zero-order valence-corrected chi connectivity index (χ0v) is 18.2. The summed E-state index contributed by atoms with van der Waals surface area (Å²) in [5.74, 6) is -0.966. The van der Waals surface area contributed by atoms with E-state index in [0.717, 1.165) is 23.5 Å². The standard InChI is InChI=1S/C22H30N4O4/c1-13(2)12-26-15(4)19(14(3)25-26)10-11-20(27)30-16(5)22(29)24-18-8-6-17(7-9-18)21(23)28/h6-9,13,16H,10-12H2,1-5H3,(H2,23,28)(H,24,29). The lowest BCUT2D eigenvalue weighted by molar-refractivity contribution is -0.153. The van der Waals surface area contributed by atoms with Crippen molar-refractivity contribution in [2.24, 2.45) is 11.7 Å². The van der Waals surface area contributed by atoms with E-state index < -0.39 is 23.9 Å². The molecule has 0 aliphatic rings. The minimum absolute atomic E-state index is 0.167. The van der Waals surface area contributed by atoms with Crippen molar-refractivity contribution < 1.29 is 19.1 Å². The van der Waals surface area contributed by atoms with Crippen LogP contribution in [0.15, 0.2) is 24.3 Å². The molecular weight excluding hydrogens is 384 g/mol. The van der Waals surface area contributed by atoms with Crippen molar-refractivity contribution in [2.75, 3.05) is 5.32 Å². The molecule has 0 spiro atoms. The highest BCUT2D eigenvalue weighted by Gasteiger charge is 2.19. The first-order chi connectivity index (χ1) is 14.1. The lowest BCUT2D eigenvalue weighted by Gasteiger charge is -2.14. The van der Waals surface area contributed by atoms with Crippen LogP contribution < -0.4 is 11.1 Å². The molecule has 30 heavy (non-hydrogen) atoms. The fourth-order valence-electron chi connectivity index (χ4n) is 3.12. The quantitative estimate of drug-likeness (QED) is 0.612. The van der Waals surface area contributed by atoms with E-state index in [0.29, 0.717) is 23.6 Å². The van der Waals surface area contributed by atoms with Gasteiger partial charge in [0, 0.05) is 29.9 Å². The average Bonchev–Trinajstić information content (AvgIpc) is 2.92. The molecule has 8 nitrogen and oxygen atoms in total. The van der Waals surface area contributed by atoms with Crippen LogP contribution in [0.2, 0.25) is 0 Å². The Bertz CT molecular complexity index is 916. The van der Waals surface area contributed by atoms with Gasteiger partial charge in [0.15, 0.2) is 6.10 Å². The van der Waals surface area contributed by atoms with Crippen LogP contribution in [0.1, 0.15) is 54.5 Å². The number of amides is 2. The minimum atomic E-state index is -0.945. The van der Waals surface area contributed by atoms with E-state index in [4.69, 9.17) is 10.5 Å². The van der Waals surface area contributed by atoms with Crippen molar-refractivity contribution in [3.8, 4) is 0 Å². The molecule has 1 aromatic carbocycles. The van der Waals surface area contributed by atoms with Crippen molar-refractivity contribution >= 4 is 23.5 Å². The molecule has 2 amide bonds. The number of nitrogens with two attached hydrogens (primary N) is 1. The number of esters is 1. The van der Waals surface area contributed by atoms with Crippen LogP contribution in [0.25, 0.3) is 0 Å². The highest BCUT2D eigenvalue weighted by Crippen LogP contribution is 2.17. The van der Waals surface area contributed by atoms with Gasteiger partial charge in [-0.2, -0.15) is 5.10 Å². The number of hydrogen-bond acceptors (Lipinski definition) is 5. The predicted molar refractivity (Wildman–Crippen MR) is 114 cm³/mol. The largest absolute Gasteiger partial charge is 0.453 e. The summed E-state index contributed by atoms with van der Waals surface area (Å²) in [5.41, 5.74) is 9.02. The molecule has 2 aromatic rings. The Hall–Kier alpha value is -3.16. The zero-order chi connectivity index (χ0) is 22.4. The van der Waals surface area contributed by atoms with Gasteiger partial charge >= 0.3 is 5.97 Å². The molecule has 0 bridgehead atoms. The molecular formula is C22H30N4O4. The van der Waals surface area contributed by atoms with Crippen LogP contribution in [0.5, 0.6) is 0 Å². The number of aromatic nitrogens is 2. The molecule has 0 saturated heterocycles. The van der Waals surface area contributed by atoms with Crippen LogP contribution >= 0.6 is 0 Å². The normalized spacial score (nSPS) is 11.9. The Morgan fingerprint density at radius 1 is 1.13 bits per heavy atom. The van der Waals surface area contributed by atoms with Crippen LogP contribution in [0, 0.1) is 19.8 Å². The second-order valence-corrected chi connectivity index (χ2v) is 7.79. The number of hydrogen-bond donors (Lipinski definition) is 2. The van der Waals surface area contributed by atoms with Crippen LogP contribution in [0.3, 0.4) is 0 Å². The van der Waals surface area contributed by atoms with E-state index in [1.54, 1.807) is 12.1 Å². The van der Waals surface area contributed by atoms with E-state index >= 15 is 0 Å². The third-order valence-electron chi connectivity index (χ3n) is 4.76. The van der Waals surface area contributed by atoms with E-state index in [1.165, 1.54) is 19.1 Å². The molecule has 0 radical (unpaired) electrons. The van der Waals surface area contributed by atoms with Gasteiger partial charge in [0.2, 0.25) is 5.91 Å². The second kappa shape index (κ2) is 10.0. The highest BCUT2D eigenvalue weighted by atomic mass is 16.5. The molecule has 162 valence electrons. The summed E-state index contributed by atoms with van der Waals surface area (Å²) in [4.78, 5) is 35.6. The number of carbonyl (C=O) groups is 3. The first kappa shape index (κ1) is 23.1. The van der Waals surface area contributed by atoms with Gasteiger partial charge in [0.25, 0.3) is 5.91 Å². The smallest absolute Gasteiger partial charge is 0.306 e. The summed E-state index contributed by atoms with van der Waals surface area (Å²) in [6, 6.07) is 6.15. The molecule has 0 saturated carbocycles. The first-order valence-electron chi connectivity index (χ1n) is 10.0. The molecule has 1 atom stereocenters. The van der Waals surface area contributed by atoms with Gasteiger partial charge in [0.05, 0.1) is 5.69 Å². The fraction of sp³-hybridized carbons (Fsp3) is 0.455. The first-order valence-corrected chi connectivity index (χ1v) is 10.0. The molecule has 0 aliphatic carbocycles. The van der Waals surface area contributed by atoms with Crippen molar-refractivity contribution in [3.63, 3.8) is 0 Å². The number of primary amides is 1. The van der Waals surface area contributed by atoms with Crippen molar-refractivity contribution in [2.45, 2.75) is 60.1 Å². The maximum atomic E-state index is 12.3. The lowest BCUT2D eigenvalue weighted by Crippen LogP contribution is -2.30. The van der Waals surface area contributed by atoms with Gasteiger partial charge in [0.1, 0.15) is 0 Å². The highest BCUT2D eigenvalue weighted by molar-refractivity contribution is 5.96. The molecule has 0 fully saturated rings. The van der Waals surface area contributed by atoms with Crippen LogP contribution in [0.4, 0.5) is 5.69 Å². The molecule has 2 rings (SSSR count). The summed E-state index contributed by atoms with van der Waals surface area (Å²) in [5, 5.41) is 7.20. The van der Waals surface area contributed by atoms with Gasteiger partial charge in [-0.15, -0.1) is 0 Å². The summed E-state index contributed by atoms with van der Waals surface area (Å²) >= 11 is 0. The van der Waals surface area contributed by atoms with Crippen molar-refractivity contribution in [3.05, 3.63) is 46.8 Å². The number of benzene rings is 1. The van der Waals surface area contributed by atoms with E-state index in [9.17, 15) is 14.4 Å². The zero-order valence-electron chi connectivity index (χ0n) is 18.2. The Labute approximate surface area is 176 Å². The summed E-state index contributed by atoms with van der Waals surface area (Å²) in [6.45, 7) is 10.5. The third kappa shape index (κ3) is 6.17. The fourth-order valence-corrected chi connectivity index (χ4v) is 3.12. The number of ether oxygens (including phenoxy) is 1. The maximum Gasteiger partial charge on any atom is 0.306 e. The Morgan fingerprint density at radius 3 is 2.33 bits per heavy atom. The van der Waals surface area contributed by atoms with Crippen LogP contribution in [-0.2, 0) is 27.3 Å². The molecule has 0 aliphatic heterocycles. The third-order valence-corrected chi connectivity index (χ3v) is 4.76. The molecule has 1 aromatic heterocycles. The van der Waals surface area contributed by atoms with Crippen molar-refractivity contribution in [1.29, 1.82) is 0 Å². The summed E-state index contributed by atoms with van der Waals surface area (Å²) < 4.78 is 7.24. The number of anilines is 1. The summed E-state index contributed by atoms with van der Waals surface area (Å²) in [6.07, 6.45) is -0.267. The Kier molecular flexibility index (Phi) is 7.74. The SMILES string of the molecule is Cc1nn(CC(C)C)c(C)c1CCC(=O)OC(C)C(=O)Nc1ccc(C(N)=O)cc1. The number of aryl methyl sites for hydroxylation is 1. The van der Waals surface area contributed by atoms with Gasteiger partial charge in [-0.05, 0) is 62.9 Å². The maximum absolute atomic E-state index is 12.3. The van der Waals surface area contributed by atoms with Crippen LogP contribution in [-0.4, -0.2) is 33.7 Å². The van der Waals surface area contributed by atoms with Gasteiger partial charge in [-0.3, -0.25) is 19.1 Å². The van der Waals surface area contributed by atoms with Crippen molar-refractivity contribution in [1.82, 2.24) is 9.78 Å². The number of carbonyl (C=O) groups excluding carboxylic acids is 3. The van der Waals surface area contributed by atoms with E-state index in [2.05, 4.69) is 24.3 Å². The number of nitrogens with zero attached hydrogens (tertiary/aromatic N) is 2. The summed E-state index contributed by atoms with van der Waals surface area (Å²) in [7, 11) is 0. The Balaban J connectivity index is 1.87. The molecule has 3 N–H and O–H groups in total. The average molecular weight is 415 g/mol. The predicted octanol–water partition coefficient (Wildman–Crippen LogP) is 2.76. The van der Waals surface area contributed by atoms with Gasteiger partial charge < -0.3 is 15.8 Å². The Morgan fingerprint density at radius 2 is 1.77 bits per heavy atom. The monoisotopic (exact) mass is 414 g/mol. The molecule has 1 unspecified atom stereocenters. The van der Waals surface area contributed by atoms with Gasteiger partial charge in [-0.25, -0.2) is 0 Å².